The number of amides is 1. The number of likely N-dealkylation sites (tertiary alicyclic amines) is 1. The van der Waals surface area contributed by atoms with E-state index in [1.165, 1.54) is 21.7 Å². The smallest absolute Gasteiger partial charge is 0.416 e. The summed E-state index contributed by atoms with van der Waals surface area (Å²) in [6, 6.07) is 17.9. The van der Waals surface area contributed by atoms with Crippen molar-refractivity contribution in [2.75, 3.05) is 13.1 Å². The highest BCUT2D eigenvalue weighted by Gasteiger charge is 2.39. The molecular formula is C30H24Cl2F3N3O4. The molecule has 7 nitrogen and oxygen atoms in total. The number of aromatic nitrogens is 2. The summed E-state index contributed by atoms with van der Waals surface area (Å²) >= 11 is 12.6. The molecule has 0 aliphatic carbocycles. The molecule has 2 heterocycles. The third-order valence-electron chi connectivity index (χ3n) is 7.32. The Kier molecular flexibility index (Phi) is 8.06. The van der Waals surface area contributed by atoms with Crippen molar-refractivity contribution in [2.24, 2.45) is 0 Å². The van der Waals surface area contributed by atoms with Gasteiger partial charge in [0.1, 0.15) is 0 Å². The van der Waals surface area contributed by atoms with Crippen LogP contribution in [0.2, 0.25) is 10.0 Å². The molecule has 1 aliphatic heterocycles. The molecule has 1 amide bonds. The standard InChI is InChI=1S/C30H24Cl2F3N3O4/c31-21-10-8-18(9-11-21)27-22(17-25(39)40)26(36-38(27)24-7-2-1-6-23(24)32)28(41)37-14-12-29(42,13-15-37)19-4-3-5-20(16-19)30(33,34)35/h1-11,16,42H,12-15,17H2,(H,39,40). The molecule has 0 bridgehead atoms. The summed E-state index contributed by atoms with van der Waals surface area (Å²) in [6.07, 6.45) is -5.13. The van der Waals surface area contributed by atoms with Gasteiger partial charge in [-0.3, -0.25) is 9.59 Å². The number of carboxylic acids is 1. The molecule has 0 saturated carbocycles. The molecular weight excluding hydrogens is 594 g/mol. The average Bonchev–Trinajstić information content (AvgIpc) is 3.31. The zero-order valence-corrected chi connectivity index (χ0v) is 23.4. The average molecular weight is 618 g/mol. The monoisotopic (exact) mass is 617 g/mol. The molecule has 2 N–H and O–H groups in total. The van der Waals surface area contributed by atoms with Gasteiger partial charge in [0.2, 0.25) is 0 Å². The van der Waals surface area contributed by atoms with Gasteiger partial charge in [-0.15, -0.1) is 0 Å². The van der Waals surface area contributed by atoms with Crippen LogP contribution in [0.4, 0.5) is 13.2 Å². The second-order valence-corrected chi connectivity index (χ2v) is 10.9. The van der Waals surface area contributed by atoms with Gasteiger partial charge in [-0.1, -0.05) is 59.6 Å². The van der Waals surface area contributed by atoms with Crippen molar-refractivity contribution in [2.45, 2.75) is 31.0 Å². The Morgan fingerprint density at radius 3 is 2.24 bits per heavy atom. The number of carboxylic acid groups (broad SMARTS) is 1. The molecule has 1 aliphatic rings. The number of hydrogen-bond donors (Lipinski definition) is 2. The zero-order chi connectivity index (χ0) is 30.2. The zero-order valence-electron chi connectivity index (χ0n) is 21.9. The third kappa shape index (κ3) is 5.88. The molecule has 5 rings (SSSR count). The van der Waals surface area contributed by atoms with E-state index in [1.807, 2.05) is 0 Å². The molecule has 12 heteroatoms. The lowest BCUT2D eigenvalue weighted by atomic mass is 9.83. The first-order valence-corrected chi connectivity index (χ1v) is 13.7. The molecule has 0 unspecified atom stereocenters. The van der Waals surface area contributed by atoms with Crippen LogP contribution >= 0.6 is 23.2 Å². The summed E-state index contributed by atoms with van der Waals surface area (Å²) in [4.78, 5) is 27.3. The highest BCUT2D eigenvalue weighted by Crippen LogP contribution is 2.38. The van der Waals surface area contributed by atoms with Gasteiger partial charge in [0, 0.05) is 29.2 Å². The highest BCUT2D eigenvalue weighted by atomic mass is 35.5. The van der Waals surface area contributed by atoms with Crippen molar-refractivity contribution >= 4 is 35.1 Å². The first-order chi connectivity index (χ1) is 19.9. The van der Waals surface area contributed by atoms with Crippen LogP contribution in [0, 0.1) is 0 Å². The van der Waals surface area contributed by atoms with Crippen molar-refractivity contribution in [1.29, 1.82) is 0 Å². The number of rotatable bonds is 6. The van der Waals surface area contributed by atoms with E-state index in [9.17, 15) is 33.0 Å². The maximum Gasteiger partial charge on any atom is 0.416 e. The van der Waals surface area contributed by atoms with Gasteiger partial charge >= 0.3 is 12.1 Å². The summed E-state index contributed by atoms with van der Waals surface area (Å²) in [5, 5.41) is 26.4. The number of nitrogens with zero attached hydrogens (tertiary/aromatic N) is 3. The number of halogens is 5. The van der Waals surface area contributed by atoms with Crippen LogP contribution < -0.4 is 0 Å². The fourth-order valence-electron chi connectivity index (χ4n) is 5.15. The van der Waals surface area contributed by atoms with Crippen LogP contribution in [0.3, 0.4) is 0 Å². The lowest BCUT2D eigenvalue weighted by Gasteiger charge is -2.38. The number of alkyl halides is 3. The predicted molar refractivity (Wildman–Crippen MR) is 151 cm³/mol. The van der Waals surface area contributed by atoms with Gasteiger partial charge in [0.05, 0.1) is 34.0 Å². The molecule has 42 heavy (non-hydrogen) atoms. The van der Waals surface area contributed by atoms with E-state index < -0.39 is 35.6 Å². The molecule has 0 spiro atoms. The van der Waals surface area contributed by atoms with E-state index in [4.69, 9.17) is 23.2 Å². The second kappa shape index (κ2) is 11.4. The van der Waals surface area contributed by atoms with Crippen LogP contribution in [-0.4, -0.2) is 49.9 Å². The highest BCUT2D eigenvalue weighted by molar-refractivity contribution is 6.32. The van der Waals surface area contributed by atoms with Crippen molar-refractivity contribution in [3.63, 3.8) is 0 Å². The van der Waals surface area contributed by atoms with E-state index in [0.717, 1.165) is 12.1 Å². The van der Waals surface area contributed by atoms with Crippen molar-refractivity contribution in [1.82, 2.24) is 14.7 Å². The van der Waals surface area contributed by atoms with E-state index in [1.54, 1.807) is 48.5 Å². The summed E-state index contributed by atoms with van der Waals surface area (Å²) < 4.78 is 41.2. The van der Waals surface area contributed by atoms with Crippen LogP contribution in [-0.2, 0) is 23.0 Å². The van der Waals surface area contributed by atoms with Gasteiger partial charge in [-0.2, -0.15) is 18.3 Å². The van der Waals surface area contributed by atoms with Crippen molar-refractivity contribution < 1.29 is 33.0 Å². The molecule has 1 aromatic heterocycles. The van der Waals surface area contributed by atoms with E-state index in [-0.39, 0.29) is 42.8 Å². The van der Waals surface area contributed by atoms with Crippen molar-refractivity contribution in [3.8, 4) is 16.9 Å². The lowest BCUT2D eigenvalue weighted by Crippen LogP contribution is -2.45. The summed E-state index contributed by atoms with van der Waals surface area (Å²) in [5.74, 6) is -1.76. The van der Waals surface area contributed by atoms with Crippen LogP contribution in [0.1, 0.15) is 40.0 Å². The Labute approximate surface area is 248 Å². The van der Waals surface area contributed by atoms with E-state index in [2.05, 4.69) is 5.10 Å². The maximum atomic E-state index is 13.9. The number of hydrogen-bond acceptors (Lipinski definition) is 4. The minimum absolute atomic E-state index is 0.00726. The van der Waals surface area contributed by atoms with Crippen LogP contribution in [0.25, 0.3) is 16.9 Å². The van der Waals surface area contributed by atoms with Gasteiger partial charge in [-0.25, -0.2) is 4.68 Å². The first-order valence-electron chi connectivity index (χ1n) is 12.9. The van der Waals surface area contributed by atoms with E-state index in [0.29, 0.717) is 27.0 Å². The molecule has 1 saturated heterocycles. The molecule has 218 valence electrons. The third-order valence-corrected chi connectivity index (χ3v) is 7.89. The maximum absolute atomic E-state index is 13.9. The van der Waals surface area contributed by atoms with E-state index >= 15 is 0 Å². The SMILES string of the molecule is O=C(O)Cc1c(C(=O)N2CCC(O)(c3cccc(C(F)(F)F)c3)CC2)nn(-c2ccccc2Cl)c1-c1ccc(Cl)cc1. The molecule has 1 fully saturated rings. The molecule has 3 aromatic carbocycles. The lowest BCUT2D eigenvalue weighted by molar-refractivity contribution is -0.138. The quantitative estimate of drug-likeness (QED) is 0.254. The Morgan fingerprint density at radius 1 is 0.952 bits per heavy atom. The molecule has 4 aromatic rings. The fourth-order valence-corrected chi connectivity index (χ4v) is 5.49. The Morgan fingerprint density at radius 2 is 1.62 bits per heavy atom. The summed E-state index contributed by atoms with van der Waals surface area (Å²) in [5.41, 5.74) is -0.947. The number of benzene rings is 3. The minimum atomic E-state index is -4.56. The number of carbonyl (C=O) groups is 2. The number of aliphatic carboxylic acids is 1. The second-order valence-electron chi connectivity index (χ2n) is 10.0. The topological polar surface area (TPSA) is 95.7 Å². The van der Waals surface area contributed by atoms with Gasteiger partial charge < -0.3 is 15.1 Å². The van der Waals surface area contributed by atoms with Gasteiger partial charge in [0.15, 0.2) is 5.69 Å². The number of aliphatic hydroxyl groups is 1. The Hall–Kier alpha value is -3.86. The molecule has 0 radical (unpaired) electrons. The van der Waals surface area contributed by atoms with Crippen molar-refractivity contribution in [3.05, 3.63) is 105 Å². The van der Waals surface area contributed by atoms with Gasteiger partial charge in [-0.05, 0) is 54.8 Å². The van der Waals surface area contributed by atoms with Crippen LogP contribution in [0.15, 0.2) is 72.8 Å². The summed E-state index contributed by atoms with van der Waals surface area (Å²) in [7, 11) is 0. The first kappa shape index (κ1) is 29.6. The largest absolute Gasteiger partial charge is 0.481 e. The van der Waals surface area contributed by atoms with Gasteiger partial charge in [0.25, 0.3) is 5.91 Å². The Bertz CT molecular complexity index is 1650. The van der Waals surface area contributed by atoms with Crippen LogP contribution in [0.5, 0.6) is 0 Å². The summed E-state index contributed by atoms with van der Waals surface area (Å²) in [6.45, 7) is 0.0145. The Balaban J connectivity index is 1.53. The number of piperidine rings is 1. The minimum Gasteiger partial charge on any atom is -0.481 e. The fraction of sp³-hybridized carbons (Fsp3) is 0.233. The predicted octanol–water partition coefficient (Wildman–Crippen LogP) is 6.62. The number of para-hydroxylation sites is 1. The normalized spacial score (nSPS) is 15.0. The number of carbonyl (C=O) groups excluding carboxylic acids is 1. The molecule has 0 atom stereocenters.